The molecule has 0 fully saturated rings. The highest BCUT2D eigenvalue weighted by Gasteiger charge is 2.11. The van der Waals surface area contributed by atoms with Crippen LogP contribution in [0.1, 0.15) is 29.7 Å². The number of benzene rings is 1. The van der Waals surface area contributed by atoms with Crippen LogP contribution in [-0.4, -0.2) is 19.7 Å². The average Bonchev–Trinajstić information content (AvgIpc) is 2.38. The van der Waals surface area contributed by atoms with Gasteiger partial charge in [0.25, 0.3) is 0 Å². The lowest BCUT2D eigenvalue weighted by molar-refractivity contribution is 0.598. The van der Waals surface area contributed by atoms with Gasteiger partial charge in [0.2, 0.25) is 0 Å². The van der Waals surface area contributed by atoms with Crippen LogP contribution >= 0.6 is 0 Å². The smallest absolute Gasteiger partial charge is 0.192 e. The fourth-order valence-corrected chi connectivity index (χ4v) is 2.88. The summed E-state index contributed by atoms with van der Waals surface area (Å²) >= 11 is 0. The standard InChI is InChI=1S/C16H20N2O2S/c1-11-5-7-15(12(2)9-11)13(3)18-14-6-8-16(17-10-14)21(4,19)20/h5-10,13,18H,1-4H3. The van der Waals surface area contributed by atoms with Crippen LogP contribution in [-0.2, 0) is 9.84 Å². The van der Waals surface area contributed by atoms with Gasteiger partial charge in [0.1, 0.15) is 0 Å². The molecule has 0 radical (unpaired) electrons. The zero-order valence-electron chi connectivity index (χ0n) is 12.7. The van der Waals surface area contributed by atoms with Crippen LogP contribution in [0.5, 0.6) is 0 Å². The van der Waals surface area contributed by atoms with Gasteiger partial charge in [0.15, 0.2) is 14.9 Å². The number of sulfone groups is 1. The summed E-state index contributed by atoms with van der Waals surface area (Å²) < 4.78 is 22.8. The number of rotatable bonds is 4. The second-order valence-electron chi connectivity index (χ2n) is 5.38. The molecule has 0 amide bonds. The van der Waals surface area contributed by atoms with Crippen molar-refractivity contribution in [1.82, 2.24) is 4.98 Å². The van der Waals surface area contributed by atoms with Crippen LogP contribution in [0, 0.1) is 13.8 Å². The van der Waals surface area contributed by atoms with E-state index in [0.29, 0.717) is 0 Å². The highest BCUT2D eigenvalue weighted by molar-refractivity contribution is 7.90. The van der Waals surface area contributed by atoms with E-state index in [1.165, 1.54) is 22.8 Å². The van der Waals surface area contributed by atoms with E-state index in [1.807, 2.05) is 0 Å². The molecule has 21 heavy (non-hydrogen) atoms. The summed E-state index contributed by atoms with van der Waals surface area (Å²) in [5, 5.41) is 3.43. The lowest BCUT2D eigenvalue weighted by Crippen LogP contribution is -2.09. The zero-order chi connectivity index (χ0) is 15.6. The lowest BCUT2D eigenvalue weighted by atomic mass is 10.0. The van der Waals surface area contributed by atoms with Crippen molar-refractivity contribution in [1.29, 1.82) is 0 Å². The van der Waals surface area contributed by atoms with Gasteiger partial charge in [-0.3, -0.25) is 0 Å². The summed E-state index contributed by atoms with van der Waals surface area (Å²) in [5.74, 6) is 0. The van der Waals surface area contributed by atoms with Gasteiger partial charge in [0.05, 0.1) is 11.9 Å². The van der Waals surface area contributed by atoms with Crippen LogP contribution < -0.4 is 5.32 Å². The maximum atomic E-state index is 11.4. The van der Waals surface area contributed by atoms with E-state index in [4.69, 9.17) is 0 Å². The van der Waals surface area contributed by atoms with Crippen molar-refractivity contribution in [3.63, 3.8) is 0 Å². The molecule has 2 aromatic rings. The van der Waals surface area contributed by atoms with Gasteiger partial charge in [-0.25, -0.2) is 13.4 Å². The first kappa shape index (κ1) is 15.5. The van der Waals surface area contributed by atoms with Crippen LogP contribution in [0.3, 0.4) is 0 Å². The van der Waals surface area contributed by atoms with E-state index in [-0.39, 0.29) is 11.1 Å². The summed E-state index contributed by atoms with van der Waals surface area (Å²) in [4.78, 5) is 3.98. The van der Waals surface area contributed by atoms with Crippen molar-refractivity contribution in [2.75, 3.05) is 11.6 Å². The van der Waals surface area contributed by atoms with Gasteiger partial charge < -0.3 is 5.32 Å². The fourth-order valence-electron chi connectivity index (χ4n) is 2.32. The Morgan fingerprint density at radius 2 is 1.86 bits per heavy atom. The Bertz CT molecular complexity index is 737. The molecule has 0 bridgehead atoms. The molecule has 0 aliphatic heterocycles. The Morgan fingerprint density at radius 1 is 1.14 bits per heavy atom. The molecule has 0 aliphatic carbocycles. The Labute approximate surface area is 126 Å². The second-order valence-corrected chi connectivity index (χ2v) is 7.35. The molecule has 4 nitrogen and oxygen atoms in total. The summed E-state index contributed by atoms with van der Waals surface area (Å²) in [7, 11) is -3.25. The zero-order valence-corrected chi connectivity index (χ0v) is 13.5. The van der Waals surface area contributed by atoms with Gasteiger partial charge in [0, 0.05) is 12.3 Å². The van der Waals surface area contributed by atoms with E-state index < -0.39 is 9.84 Å². The van der Waals surface area contributed by atoms with Crippen molar-refractivity contribution in [3.8, 4) is 0 Å². The first-order valence-corrected chi connectivity index (χ1v) is 8.66. The second kappa shape index (κ2) is 5.85. The predicted molar refractivity (Wildman–Crippen MR) is 85.3 cm³/mol. The third kappa shape index (κ3) is 3.82. The van der Waals surface area contributed by atoms with Crippen molar-refractivity contribution in [2.45, 2.75) is 31.8 Å². The van der Waals surface area contributed by atoms with Gasteiger partial charge in [-0.05, 0) is 44.0 Å². The van der Waals surface area contributed by atoms with Crippen LogP contribution in [0.2, 0.25) is 0 Å². The number of nitrogens with one attached hydrogen (secondary N) is 1. The molecule has 2 rings (SSSR count). The normalized spacial score (nSPS) is 13.0. The number of anilines is 1. The summed E-state index contributed by atoms with van der Waals surface area (Å²) in [6.07, 6.45) is 2.71. The molecule has 0 saturated carbocycles. The first-order chi connectivity index (χ1) is 9.77. The molecule has 0 aliphatic rings. The predicted octanol–water partition coefficient (Wildman–Crippen LogP) is 3.28. The average molecular weight is 304 g/mol. The SMILES string of the molecule is Cc1ccc(C(C)Nc2ccc(S(C)(=O)=O)nc2)c(C)c1. The van der Waals surface area contributed by atoms with Crippen molar-refractivity contribution in [3.05, 3.63) is 53.2 Å². The third-order valence-corrected chi connectivity index (χ3v) is 4.39. The number of aromatic nitrogens is 1. The topological polar surface area (TPSA) is 59.1 Å². The number of hydrogen-bond acceptors (Lipinski definition) is 4. The van der Waals surface area contributed by atoms with E-state index in [0.717, 1.165) is 11.9 Å². The number of pyridine rings is 1. The molecule has 0 spiro atoms. The molecule has 1 heterocycles. The van der Waals surface area contributed by atoms with E-state index >= 15 is 0 Å². The molecule has 1 aromatic heterocycles. The van der Waals surface area contributed by atoms with E-state index in [9.17, 15) is 8.42 Å². The summed E-state index contributed by atoms with van der Waals surface area (Å²) in [6.45, 7) is 6.23. The fraction of sp³-hybridized carbons (Fsp3) is 0.312. The number of aryl methyl sites for hydroxylation is 2. The Morgan fingerprint density at radius 3 is 2.38 bits per heavy atom. The van der Waals surface area contributed by atoms with Gasteiger partial charge in [-0.15, -0.1) is 0 Å². The Balaban J connectivity index is 2.18. The van der Waals surface area contributed by atoms with Crippen LogP contribution in [0.25, 0.3) is 0 Å². The maximum absolute atomic E-state index is 11.4. The molecule has 5 heteroatoms. The maximum Gasteiger partial charge on any atom is 0.192 e. The Hall–Kier alpha value is -1.88. The molecule has 1 unspecified atom stereocenters. The Kier molecular flexibility index (Phi) is 4.32. The molecule has 1 atom stereocenters. The minimum atomic E-state index is -3.25. The van der Waals surface area contributed by atoms with Gasteiger partial charge in [-0.2, -0.15) is 0 Å². The number of hydrogen-bond donors (Lipinski definition) is 1. The lowest BCUT2D eigenvalue weighted by Gasteiger charge is -2.18. The largest absolute Gasteiger partial charge is 0.377 e. The number of nitrogens with zero attached hydrogens (tertiary/aromatic N) is 1. The summed E-state index contributed by atoms with van der Waals surface area (Å²) in [5.41, 5.74) is 4.49. The van der Waals surface area contributed by atoms with E-state index in [2.05, 4.69) is 49.3 Å². The van der Waals surface area contributed by atoms with Gasteiger partial charge in [-0.1, -0.05) is 23.8 Å². The molecular formula is C16H20N2O2S. The molecule has 1 aromatic carbocycles. The molecule has 0 saturated heterocycles. The molecular weight excluding hydrogens is 284 g/mol. The van der Waals surface area contributed by atoms with Gasteiger partial charge >= 0.3 is 0 Å². The monoisotopic (exact) mass is 304 g/mol. The summed E-state index contributed by atoms with van der Waals surface area (Å²) in [6, 6.07) is 9.73. The quantitative estimate of drug-likeness (QED) is 0.941. The minimum Gasteiger partial charge on any atom is -0.377 e. The highest BCUT2D eigenvalue weighted by atomic mass is 32.2. The molecule has 1 N–H and O–H groups in total. The molecule has 112 valence electrons. The highest BCUT2D eigenvalue weighted by Crippen LogP contribution is 2.23. The van der Waals surface area contributed by atoms with E-state index in [1.54, 1.807) is 12.3 Å². The van der Waals surface area contributed by atoms with Crippen molar-refractivity contribution >= 4 is 15.5 Å². The van der Waals surface area contributed by atoms with Crippen LogP contribution in [0.15, 0.2) is 41.6 Å². The third-order valence-electron chi connectivity index (χ3n) is 3.39. The first-order valence-electron chi connectivity index (χ1n) is 6.77. The van der Waals surface area contributed by atoms with Crippen molar-refractivity contribution < 1.29 is 8.42 Å². The minimum absolute atomic E-state index is 0.0900. The van der Waals surface area contributed by atoms with Crippen molar-refractivity contribution in [2.24, 2.45) is 0 Å². The van der Waals surface area contributed by atoms with Crippen LogP contribution in [0.4, 0.5) is 5.69 Å².